The van der Waals surface area contributed by atoms with Crippen molar-refractivity contribution in [2.75, 3.05) is 7.11 Å². The van der Waals surface area contributed by atoms with Gasteiger partial charge in [0.2, 0.25) is 0 Å². The molecule has 0 bridgehead atoms. The van der Waals surface area contributed by atoms with Gasteiger partial charge in [-0.2, -0.15) is 5.10 Å². The molecule has 0 amide bonds. The monoisotopic (exact) mass is 274 g/mol. The standard InChI is InChI=1S/C14H14N2O4/c1-8-12(13(17)14(18)19)9(2)16(15-8)10-4-6-11(20-3)7-5-10/h4-7H,1-3H3,(H,18,19). The molecule has 20 heavy (non-hydrogen) atoms. The van der Waals surface area contributed by atoms with Crippen molar-refractivity contribution in [3.05, 3.63) is 41.2 Å². The molecule has 0 radical (unpaired) electrons. The number of carbonyl (C=O) groups excluding carboxylic acids is 1. The molecule has 0 aliphatic rings. The lowest BCUT2D eigenvalue weighted by molar-refractivity contribution is -0.131. The van der Waals surface area contributed by atoms with Crippen LogP contribution in [-0.4, -0.2) is 33.7 Å². The molecule has 1 heterocycles. The van der Waals surface area contributed by atoms with Gasteiger partial charge in [0, 0.05) is 0 Å². The molecule has 1 aromatic carbocycles. The van der Waals surface area contributed by atoms with Crippen molar-refractivity contribution < 1.29 is 19.4 Å². The summed E-state index contributed by atoms with van der Waals surface area (Å²) in [6.07, 6.45) is 0. The minimum absolute atomic E-state index is 0.133. The van der Waals surface area contributed by atoms with E-state index in [2.05, 4.69) is 5.10 Å². The summed E-state index contributed by atoms with van der Waals surface area (Å²) in [6, 6.07) is 7.11. The summed E-state index contributed by atoms with van der Waals surface area (Å²) in [5, 5.41) is 13.1. The highest BCUT2D eigenvalue weighted by Crippen LogP contribution is 2.20. The normalized spacial score (nSPS) is 10.3. The number of hydrogen-bond acceptors (Lipinski definition) is 4. The summed E-state index contributed by atoms with van der Waals surface area (Å²) >= 11 is 0. The Hall–Kier alpha value is -2.63. The highest BCUT2D eigenvalue weighted by Gasteiger charge is 2.24. The first-order valence-electron chi connectivity index (χ1n) is 5.94. The highest BCUT2D eigenvalue weighted by atomic mass is 16.5. The van der Waals surface area contributed by atoms with E-state index in [1.165, 1.54) is 0 Å². The van der Waals surface area contributed by atoms with E-state index in [0.29, 0.717) is 17.1 Å². The molecule has 0 atom stereocenters. The van der Waals surface area contributed by atoms with E-state index in [1.807, 2.05) is 0 Å². The number of rotatable bonds is 4. The number of aryl methyl sites for hydroxylation is 1. The summed E-state index contributed by atoms with van der Waals surface area (Å²) in [6.45, 7) is 3.28. The zero-order valence-electron chi connectivity index (χ0n) is 11.4. The molecule has 6 nitrogen and oxygen atoms in total. The van der Waals surface area contributed by atoms with Crippen molar-refractivity contribution in [2.24, 2.45) is 0 Å². The Morgan fingerprint density at radius 2 is 1.80 bits per heavy atom. The van der Waals surface area contributed by atoms with Gasteiger partial charge in [0.15, 0.2) is 0 Å². The van der Waals surface area contributed by atoms with Gasteiger partial charge >= 0.3 is 5.97 Å². The van der Waals surface area contributed by atoms with Gasteiger partial charge in [-0.15, -0.1) is 0 Å². The van der Waals surface area contributed by atoms with E-state index in [-0.39, 0.29) is 5.56 Å². The summed E-state index contributed by atoms with van der Waals surface area (Å²) in [4.78, 5) is 22.5. The van der Waals surface area contributed by atoms with Crippen LogP contribution < -0.4 is 4.74 Å². The van der Waals surface area contributed by atoms with Crippen LogP contribution in [0.15, 0.2) is 24.3 Å². The van der Waals surface area contributed by atoms with Gasteiger partial charge in [0.25, 0.3) is 5.78 Å². The first-order valence-corrected chi connectivity index (χ1v) is 5.94. The van der Waals surface area contributed by atoms with E-state index in [1.54, 1.807) is 49.9 Å². The Balaban J connectivity index is 2.50. The number of Topliss-reactive ketones (excluding diaryl/α,β-unsaturated/α-hetero) is 1. The average molecular weight is 274 g/mol. The zero-order chi connectivity index (χ0) is 14.9. The number of methoxy groups -OCH3 is 1. The SMILES string of the molecule is COc1ccc(-n2nc(C)c(C(=O)C(=O)O)c2C)cc1. The van der Waals surface area contributed by atoms with Crippen LogP contribution in [0.3, 0.4) is 0 Å². The second-order valence-electron chi connectivity index (χ2n) is 4.29. The minimum atomic E-state index is -1.48. The molecule has 2 aromatic rings. The minimum Gasteiger partial charge on any atom is -0.497 e. The lowest BCUT2D eigenvalue weighted by Crippen LogP contribution is -2.14. The average Bonchev–Trinajstić information content (AvgIpc) is 2.73. The number of carboxylic acids is 1. The fourth-order valence-electron chi connectivity index (χ4n) is 2.05. The zero-order valence-corrected chi connectivity index (χ0v) is 11.4. The lowest BCUT2D eigenvalue weighted by Gasteiger charge is -2.06. The van der Waals surface area contributed by atoms with Crippen LogP contribution in [0, 0.1) is 13.8 Å². The summed E-state index contributed by atoms with van der Waals surface area (Å²) < 4.78 is 6.62. The van der Waals surface area contributed by atoms with Gasteiger partial charge in [-0.25, -0.2) is 9.48 Å². The number of hydrogen-bond donors (Lipinski definition) is 1. The third kappa shape index (κ3) is 2.27. The van der Waals surface area contributed by atoms with Crippen LogP contribution in [-0.2, 0) is 4.79 Å². The van der Waals surface area contributed by atoms with Crippen molar-refractivity contribution in [2.45, 2.75) is 13.8 Å². The molecule has 6 heteroatoms. The van der Waals surface area contributed by atoms with E-state index in [0.717, 1.165) is 5.69 Å². The number of aliphatic carboxylic acids is 1. The van der Waals surface area contributed by atoms with Crippen LogP contribution in [0.2, 0.25) is 0 Å². The van der Waals surface area contributed by atoms with Gasteiger partial charge in [-0.05, 0) is 38.1 Å². The largest absolute Gasteiger partial charge is 0.497 e. The maximum Gasteiger partial charge on any atom is 0.377 e. The van der Waals surface area contributed by atoms with Gasteiger partial charge in [-0.3, -0.25) is 4.79 Å². The van der Waals surface area contributed by atoms with Crippen LogP contribution in [0.25, 0.3) is 5.69 Å². The Kier molecular flexibility index (Phi) is 3.56. The highest BCUT2D eigenvalue weighted by molar-refractivity contribution is 6.40. The molecule has 1 N–H and O–H groups in total. The first-order chi connectivity index (χ1) is 9.45. The fourth-order valence-corrected chi connectivity index (χ4v) is 2.05. The lowest BCUT2D eigenvalue weighted by atomic mass is 10.1. The molecular weight excluding hydrogens is 260 g/mol. The molecule has 0 aliphatic heterocycles. The Morgan fingerprint density at radius 1 is 1.20 bits per heavy atom. The number of aromatic nitrogens is 2. The van der Waals surface area contributed by atoms with Crippen molar-refractivity contribution in [1.29, 1.82) is 0 Å². The first kappa shape index (κ1) is 13.8. The van der Waals surface area contributed by atoms with Gasteiger partial charge in [0.05, 0.1) is 29.7 Å². The van der Waals surface area contributed by atoms with Gasteiger partial charge in [-0.1, -0.05) is 0 Å². The number of ether oxygens (including phenoxy) is 1. The molecule has 104 valence electrons. The number of carbonyl (C=O) groups is 2. The summed E-state index contributed by atoms with van der Waals surface area (Å²) in [7, 11) is 1.57. The maximum absolute atomic E-state index is 11.7. The smallest absolute Gasteiger partial charge is 0.377 e. The van der Waals surface area contributed by atoms with E-state index >= 15 is 0 Å². The molecule has 0 spiro atoms. The number of benzene rings is 1. The molecule has 0 aliphatic carbocycles. The van der Waals surface area contributed by atoms with Crippen LogP contribution in [0.1, 0.15) is 21.7 Å². The van der Waals surface area contributed by atoms with Crippen molar-refractivity contribution in [3.63, 3.8) is 0 Å². The van der Waals surface area contributed by atoms with Crippen molar-refractivity contribution in [3.8, 4) is 11.4 Å². The predicted octanol–water partition coefficient (Wildman–Crippen LogP) is 1.77. The topological polar surface area (TPSA) is 81.4 Å². The Bertz CT molecular complexity index is 671. The Labute approximate surface area is 115 Å². The van der Waals surface area contributed by atoms with Crippen LogP contribution in [0.5, 0.6) is 5.75 Å². The summed E-state index contributed by atoms with van der Waals surface area (Å²) in [5.74, 6) is -1.72. The number of ketones is 1. The quantitative estimate of drug-likeness (QED) is 0.678. The fraction of sp³-hybridized carbons (Fsp3) is 0.214. The second kappa shape index (κ2) is 5.16. The molecule has 0 fully saturated rings. The van der Waals surface area contributed by atoms with Crippen LogP contribution in [0.4, 0.5) is 0 Å². The van der Waals surface area contributed by atoms with Crippen molar-refractivity contribution in [1.82, 2.24) is 9.78 Å². The Morgan fingerprint density at radius 3 is 2.30 bits per heavy atom. The molecule has 0 saturated carbocycles. The third-order valence-electron chi connectivity index (χ3n) is 3.03. The predicted molar refractivity (Wildman–Crippen MR) is 71.6 cm³/mol. The van der Waals surface area contributed by atoms with E-state index < -0.39 is 11.8 Å². The van der Waals surface area contributed by atoms with E-state index in [4.69, 9.17) is 9.84 Å². The van der Waals surface area contributed by atoms with E-state index in [9.17, 15) is 9.59 Å². The van der Waals surface area contributed by atoms with Gasteiger partial charge in [0.1, 0.15) is 5.75 Å². The van der Waals surface area contributed by atoms with Crippen molar-refractivity contribution >= 4 is 11.8 Å². The molecular formula is C14H14N2O4. The summed E-state index contributed by atoms with van der Waals surface area (Å²) in [5.41, 5.74) is 1.76. The maximum atomic E-state index is 11.7. The third-order valence-corrected chi connectivity index (χ3v) is 3.03. The molecule has 1 aromatic heterocycles. The van der Waals surface area contributed by atoms with Gasteiger partial charge < -0.3 is 9.84 Å². The second-order valence-corrected chi connectivity index (χ2v) is 4.29. The number of nitrogens with zero attached hydrogens (tertiary/aromatic N) is 2. The van der Waals surface area contributed by atoms with Crippen LogP contribution >= 0.6 is 0 Å². The molecule has 0 unspecified atom stereocenters. The number of carboxylic acid groups (broad SMARTS) is 1. The molecule has 2 rings (SSSR count). The molecule has 0 saturated heterocycles.